The van der Waals surface area contributed by atoms with Crippen LogP contribution < -0.4 is 10.6 Å². The molecular formula is C12H12N4. The van der Waals surface area contributed by atoms with Gasteiger partial charge in [0, 0.05) is 30.3 Å². The van der Waals surface area contributed by atoms with Gasteiger partial charge in [0.15, 0.2) is 0 Å². The van der Waals surface area contributed by atoms with Crippen molar-refractivity contribution in [1.29, 1.82) is 0 Å². The van der Waals surface area contributed by atoms with Crippen molar-refractivity contribution < 1.29 is 0 Å². The van der Waals surface area contributed by atoms with E-state index in [1.165, 1.54) is 11.3 Å². The molecule has 0 atom stereocenters. The third-order valence-electron chi connectivity index (χ3n) is 2.64. The minimum absolute atomic E-state index is 0.633. The second-order valence-corrected chi connectivity index (χ2v) is 3.75. The van der Waals surface area contributed by atoms with Crippen molar-refractivity contribution in [1.82, 2.24) is 9.97 Å². The summed E-state index contributed by atoms with van der Waals surface area (Å²) in [5, 5.41) is 6.52. The second-order valence-electron chi connectivity index (χ2n) is 3.75. The Labute approximate surface area is 93.8 Å². The first-order valence-electron chi connectivity index (χ1n) is 5.33. The van der Waals surface area contributed by atoms with E-state index in [0.717, 1.165) is 18.7 Å². The highest BCUT2D eigenvalue weighted by molar-refractivity contribution is 5.64. The summed E-state index contributed by atoms with van der Waals surface area (Å²) in [4.78, 5) is 8.26. The van der Waals surface area contributed by atoms with Crippen LogP contribution >= 0.6 is 0 Å². The van der Waals surface area contributed by atoms with E-state index in [1.54, 1.807) is 18.5 Å². The zero-order valence-electron chi connectivity index (χ0n) is 8.77. The molecule has 4 heteroatoms. The van der Waals surface area contributed by atoms with Gasteiger partial charge < -0.3 is 10.6 Å². The maximum absolute atomic E-state index is 4.13. The van der Waals surface area contributed by atoms with Gasteiger partial charge in [0.2, 0.25) is 5.95 Å². The standard InChI is InChI=1S/C12H12N4/c1-5-14-12(15-6-1)16-10-2-3-11-9(8-10)4-7-13-11/h1-3,5-6,8,13H,4,7H2,(H,14,15,16). The van der Waals surface area contributed by atoms with Gasteiger partial charge in [-0.05, 0) is 36.2 Å². The van der Waals surface area contributed by atoms with Gasteiger partial charge in [0.1, 0.15) is 0 Å². The predicted molar refractivity (Wildman–Crippen MR) is 64.0 cm³/mol. The summed E-state index contributed by atoms with van der Waals surface area (Å²) in [6.07, 6.45) is 4.54. The third-order valence-corrected chi connectivity index (χ3v) is 2.64. The summed E-state index contributed by atoms with van der Waals surface area (Å²) < 4.78 is 0. The van der Waals surface area contributed by atoms with Crippen molar-refractivity contribution in [3.63, 3.8) is 0 Å². The van der Waals surface area contributed by atoms with Crippen LogP contribution in [-0.4, -0.2) is 16.5 Å². The van der Waals surface area contributed by atoms with Crippen molar-refractivity contribution in [3.8, 4) is 0 Å². The number of nitrogens with one attached hydrogen (secondary N) is 2. The zero-order chi connectivity index (χ0) is 10.8. The van der Waals surface area contributed by atoms with Crippen LogP contribution in [0.5, 0.6) is 0 Å². The number of anilines is 3. The van der Waals surface area contributed by atoms with Crippen LogP contribution in [0.1, 0.15) is 5.56 Å². The number of benzene rings is 1. The van der Waals surface area contributed by atoms with Crippen LogP contribution in [0, 0.1) is 0 Å². The lowest BCUT2D eigenvalue weighted by Crippen LogP contribution is -1.96. The molecule has 1 aromatic heterocycles. The smallest absolute Gasteiger partial charge is 0.227 e. The third kappa shape index (κ3) is 1.69. The molecule has 0 radical (unpaired) electrons. The maximum atomic E-state index is 4.13. The molecule has 1 aliphatic heterocycles. The summed E-state index contributed by atoms with van der Waals surface area (Å²) >= 11 is 0. The van der Waals surface area contributed by atoms with Crippen LogP contribution in [0.15, 0.2) is 36.7 Å². The average molecular weight is 212 g/mol. The van der Waals surface area contributed by atoms with E-state index in [2.05, 4.69) is 32.7 Å². The van der Waals surface area contributed by atoms with E-state index < -0.39 is 0 Å². The lowest BCUT2D eigenvalue weighted by molar-refractivity contribution is 1.10. The molecule has 0 unspecified atom stereocenters. The molecule has 0 bridgehead atoms. The molecule has 3 rings (SSSR count). The Morgan fingerprint density at radius 2 is 2.06 bits per heavy atom. The number of aromatic nitrogens is 2. The van der Waals surface area contributed by atoms with Gasteiger partial charge in [-0.1, -0.05) is 0 Å². The summed E-state index contributed by atoms with van der Waals surface area (Å²) in [7, 11) is 0. The molecule has 2 aromatic rings. The molecule has 80 valence electrons. The van der Waals surface area contributed by atoms with Gasteiger partial charge in [-0.2, -0.15) is 0 Å². The molecule has 1 aliphatic rings. The summed E-state index contributed by atoms with van der Waals surface area (Å²) in [5.41, 5.74) is 3.62. The predicted octanol–water partition coefficient (Wildman–Crippen LogP) is 2.19. The molecule has 0 fully saturated rings. The quantitative estimate of drug-likeness (QED) is 0.801. The monoisotopic (exact) mass is 212 g/mol. The number of hydrogen-bond donors (Lipinski definition) is 2. The molecule has 0 saturated heterocycles. The normalized spacial score (nSPS) is 13.0. The average Bonchev–Trinajstić information content (AvgIpc) is 2.77. The van der Waals surface area contributed by atoms with E-state index >= 15 is 0 Å². The first kappa shape index (κ1) is 9.15. The minimum atomic E-state index is 0.633. The summed E-state index contributed by atoms with van der Waals surface area (Å²) in [5.74, 6) is 0.633. The van der Waals surface area contributed by atoms with Crippen LogP contribution in [0.2, 0.25) is 0 Å². The van der Waals surface area contributed by atoms with Gasteiger partial charge in [0.25, 0.3) is 0 Å². The highest BCUT2D eigenvalue weighted by Crippen LogP contribution is 2.26. The van der Waals surface area contributed by atoms with Crippen molar-refractivity contribution in [2.24, 2.45) is 0 Å². The highest BCUT2D eigenvalue weighted by atomic mass is 15.1. The Hall–Kier alpha value is -2.10. The lowest BCUT2D eigenvalue weighted by Gasteiger charge is -2.06. The van der Waals surface area contributed by atoms with Gasteiger partial charge in [0.05, 0.1) is 0 Å². The SMILES string of the molecule is c1cnc(Nc2ccc3c(c2)CCN3)nc1. The molecule has 2 heterocycles. The van der Waals surface area contributed by atoms with Crippen LogP contribution in [0.25, 0.3) is 0 Å². The van der Waals surface area contributed by atoms with Crippen molar-refractivity contribution in [2.75, 3.05) is 17.2 Å². The molecule has 4 nitrogen and oxygen atoms in total. The van der Waals surface area contributed by atoms with Crippen LogP contribution in [0.4, 0.5) is 17.3 Å². The number of rotatable bonds is 2. The first-order valence-corrected chi connectivity index (χ1v) is 5.33. The minimum Gasteiger partial charge on any atom is -0.384 e. The molecule has 0 spiro atoms. The molecule has 0 aliphatic carbocycles. The molecular weight excluding hydrogens is 200 g/mol. The van der Waals surface area contributed by atoms with E-state index in [9.17, 15) is 0 Å². The van der Waals surface area contributed by atoms with E-state index in [1.807, 2.05) is 6.07 Å². The van der Waals surface area contributed by atoms with Crippen LogP contribution in [-0.2, 0) is 6.42 Å². The molecule has 16 heavy (non-hydrogen) atoms. The Morgan fingerprint density at radius 1 is 1.19 bits per heavy atom. The second kappa shape index (κ2) is 3.81. The van der Waals surface area contributed by atoms with Gasteiger partial charge in [-0.15, -0.1) is 0 Å². The zero-order valence-corrected chi connectivity index (χ0v) is 8.77. The fourth-order valence-corrected chi connectivity index (χ4v) is 1.88. The molecule has 2 N–H and O–H groups in total. The topological polar surface area (TPSA) is 49.8 Å². The Balaban J connectivity index is 1.86. The summed E-state index contributed by atoms with van der Waals surface area (Å²) in [6, 6.07) is 8.07. The number of nitrogens with zero attached hydrogens (tertiary/aromatic N) is 2. The van der Waals surface area contributed by atoms with Gasteiger partial charge >= 0.3 is 0 Å². The van der Waals surface area contributed by atoms with Crippen molar-refractivity contribution in [2.45, 2.75) is 6.42 Å². The van der Waals surface area contributed by atoms with E-state index in [0.29, 0.717) is 5.95 Å². The largest absolute Gasteiger partial charge is 0.384 e. The Kier molecular flexibility index (Phi) is 2.18. The van der Waals surface area contributed by atoms with Crippen molar-refractivity contribution in [3.05, 3.63) is 42.2 Å². The highest BCUT2D eigenvalue weighted by Gasteiger charge is 2.09. The van der Waals surface area contributed by atoms with Gasteiger partial charge in [-0.25, -0.2) is 9.97 Å². The lowest BCUT2D eigenvalue weighted by atomic mass is 10.1. The van der Waals surface area contributed by atoms with Crippen LogP contribution in [0.3, 0.4) is 0 Å². The summed E-state index contributed by atoms with van der Waals surface area (Å²) in [6.45, 7) is 1.03. The van der Waals surface area contributed by atoms with E-state index in [-0.39, 0.29) is 0 Å². The number of hydrogen-bond acceptors (Lipinski definition) is 4. The molecule has 0 amide bonds. The molecule has 0 saturated carbocycles. The maximum Gasteiger partial charge on any atom is 0.227 e. The number of fused-ring (bicyclic) bond motifs is 1. The molecule has 1 aromatic carbocycles. The van der Waals surface area contributed by atoms with E-state index in [4.69, 9.17) is 0 Å². The van der Waals surface area contributed by atoms with Gasteiger partial charge in [-0.3, -0.25) is 0 Å². The first-order chi connectivity index (χ1) is 7.92. The van der Waals surface area contributed by atoms with Crippen molar-refractivity contribution >= 4 is 17.3 Å². The fourth-order valence-electron chi connectivity index (χ4n) is 1.88. The Bertz CT molecular complexity index is 496. The fraction of sp³-hybridized carbons (Fsp3) is 0.167. The Morgan fingerprint density at radius 3 is 2.94 bits per heavy atom.